The molecular weight excluding hydrogens is 296 g/mol. The molecule has 0 saturated heterocycles. The molecular formula is C19H15F2NO. The fourth-order valence-electron chi connectivity index (χ4n) is 2.56. The Hall–Kier alpha value is -2.62. The van der Waals surface area contributed by atoms with E-state index in [-0.39, 0.29) is 17.1 Å². The van der Waals surface area contributed by atoms with Crippen LogP contribution in [0, 0.1) is 0 Å². The SMILES string of the molecule is O=C(C1=CC[C@H](c2ccccn2)C=C1)C(F)(F)c1ccccc1. The fourth-order valence-corrected chi connectivity index (χ4v) is 2.56. The molecule has 0 amide bonds. The maximum absolute atomic E-state index is 14.3. The number of aromatic nitrogens is 1. The molecule has 0 bridgehead atoms. The second kappa shape index (κ2) is 6.24. The number of Topliss-reactive ketones (excluding diaryl/α,β-unsaturated/α-hetero) is 1. The molecule has 2 nitrogen and oxygen atoms in total. The van der Waals surface area contributed by atoms with Crippen molar-refractivity contribution < 1.29 is 13.6 Å². The average Bonchev–Trinajstić information content (AvgIpc) is 2.63. The van der Waals surface area contributed by atoms with Crippen LogP contribution in [0.1, 0.15) is 23.6 Å². The van der Waals surface area contributed by atoms with Gasteiger partial charge in [0, 0.05) is 28.9 Å². The van der Waals surface area contributed by atoms with Gasteiger partial charge in [-0.15, -0.1) is 0 Å². The summed E-state index contributed by atoms with van der Waals surface area (Å²) < 4.78 is 28.6. The molecule has 116 valence electrons. The Kier molecular flexibility index (Phi) is 4.15. The van der Waals surface area contributed by atoms with Crippen molar-refractivity contribution in [1.82, 2.24) is 4.98 Å². The van der Waals surface area contributed by atoms with Gasteiger partial charge in [-0.05, 0) is 18.6 Å². The number of nitrogens with zero attached hydrogens (tertiary/aromatic N) is 1. The molecule has 0 fully saturated rings. The van der Waals surface area contributed by atoms with Gasteiger partial charge in [0.1, 0.15) is 0 Å². The molecule has 23 heavy (non-hydrogen) atoms. The van der Waals surface area contributed by atoms with Gasteiger partial charge >= 0.3 is 5.92 Å². The lowest BCUT2D eigenvalue weighted by molar-refractivity contribution is -0.139. The normalized spacial score (nSPS) is 17.7. The highest BCUT2D eigenvalue weighted by molar-refractivity contribution is 6.03. The monoisotopic (exact) mass is 311 g/mol. The third-order valence-corrected chi connectivity index (χ3v) is 3.85. The predicted octanol–water partition coefficient (Wildman–Crippen LogP) is 4.41. The molecule has 1 aliphatic rings. The molecule has 0 aliphatic heterocycles. The van der Waals surface area contributed by atoms with Crippen molar-refractivity contribution in [3.05, 3.63) is 89.8 Å². The molecule has 4 heteroatoms. The van der Waals surface area contributed by atoms with Crippen molar-refractivity contribution in [2.24, 2.45) is 0 Å². The van der Waals surface area contributed by atoms with Crippen LogP contribution in [0.3, 0.4) is 0 Å². The van der Waals surface area contributed by atoms with Gasteiger partial charge in [0.15, 0.2) is 0 Å². The van der Waals surface area contributed by atoms with Gasteiger partial charge in [-0.25, -0.2) is 0 Å². The first-order chi connectivity index (χ1) is 11.1. The van der Waals surface area contributed by atoms with Gasteiger partial charge in [-0.3, -0.25) is 9.78 Å². The zero-order valence-electron chi connectivity index (χ0n) is 12.3. The number of carbonyl (C=O) groups excluding carboxylic acids is 1. The quantitative estimate of drug-likeness (QED) is 0.837. The number of ketones is 1. The Bertz CT molecular complexity index is 751. The summed E-state index contributed by atoms with van der Waals surface area (Å²) in [6.45, 7) is 0. The van der Waals surface area contributed by atoms with Crippen LogP contribution < -0.4 is 0 Å². The minimum atomic E-state index is -3.52. The van der Waals surface area contributed by atoms with E-state index in [1.54, 1.807) is 24.4 Å². The molecule has 1 aromatic carbocycles. The molecule has 3 rings (SSSR count). The van der Waals surface area contributed by atoms with Gasteiger partial charge in [0.25, 0.3) is 0 Å². The standard InChI is InChI=1S/C19H15F2NO/c20-19(21,16-6-2-1-3-7-16)18(23)15-11-9-14(10-12-15)17-8-4-5-13-22-17/h1-9,11-14H,10H2/t14-/m1/s1. The topological polar surface area (TPSA) is 30.0 Å². The summed E-state index contributed by atoms with van der Waals surface area (Å²) in [5.41, 5.74) is 0.624. The second-order valence-corrected chi connectivity index (χ2v) is 5.38. The molecule has 0 radical (unpaired) electrons. The number of allylic oxidation sites excluding steroid dienone is 4. The van der Waals surface area contributed by atoms with E-state index < -0.39 is 11.7 Å². The highest BCUT2D eigenvalue weighted by Crippen LogP contribution is 2.34. The lowest BCUT2D eigenvalue weighted by atomic mass is 9.89. The van der Waals surface area contributed by atoms with E-state index in [4.69, 9.17) is 0 Å². The summed E-state index contributed by atoms with van der Waals surface area (Å²) in [6, 6.07) is 12.8. The third-order valence-electron chi connectivity index (χ3n) is 3.85. The van der Waals surface area contributed by atoms with Gasteiger partial charge < -0.3 is 0 Å². The van der Waals surface area contributed by atoms with Crippen LogP contribution in [0.15, 0.2) is 78.5 Å². The molecule has 2 aromatic rings. The molecule has 1 aliphatic carbocycles. The molecule has 1 heterocycles. The largest absolute Gasteiger partial charge is 0.334 e. The highest BCUT2D eigenvalue weighted by Gasteiger charge is 2.41. The first-order valence-corrected chi connectivity index (χ1v) is 7.36. The van der Waals surface area contributed by atoms with Crippen molar-refractivity contribution in [1.29, 1.82) is 0 Å². The van der Waals surface area contributed by atoms with Gasteiger partial charge in [0.2, 0.25) is 5.78 Å². The predicted molar refractivity (Wildman–Crippen MR) is 84.2 cm³/mol. The molecule has 0 saturated carbocycles. The summed E-state index contributed by atoms with van der Waals surface area (Å²) in [6.07, 6.45) is 6.98. The van der Waals surface area contributed by atoms with Crippen LogP contribution in [0.4, 0.5) is 8.78 Å². The molecule has 0 spiro atoms. The lowest BCUT2D eigenvalue weighted by Crippen LogP contribution is -2.27. The minimum Gasteiger partial charge on any atom is -0.287 e. The first-order valence-electron chi connectivity index (χ1n) is 7.36. The Balaban J connectivity index is 1.78. The van der Waals surface area contributed by atoms with Crippen LogP contribution in [-0.2, 0) is 10.7 Å². The number of halogens is 2. The number of pyridine rings is 1. The van der Waals surface area contributed by atoms with E-state index in [2.05, 4.69) is 4.98 Å². The van der Waals surface area contributed by atoms with Gasteiger partial charge in [-0.2, -0.15) is 8.78 Å². The van der Waals surface area contributed by atoms with E-state index >= 15 is 0 Å². The van der Waals surface area contributed by atoms with Crippen LogP contribution in [0.5, 0.6) is 0 Å². The minimum absolute atomic E-state index is 0.0121. The number of rotatable bonds is 4. The van der Waals surface area contributed by atoms with Gasteiger partial charge in [0.05, 0.1) is 0 Å². The zero-order chi connectivity index (χ0) is 16.3. The Morgan fingerprint density at radius 3 is 2.43 bits per heavy atom. The average molecular weight is 311 g/mol. The molecule has 0 N–H and O–H groups in total. The number of hydrogen-bond donors (Lipinski definition) is 0. The lowest BCUT2D eigenvalue weighted by Gasteiger charge is -2.19. The molecule has 1 atom stereocenters. The summed E-state index contributed by atoms with van der Waals surface area (Å²) in [7, 11) is 0. The van der Waals surface area contributed by atoms with E-state index in [0.717, 1.165) is 5.69 Å². The Labute approximate surface area is 133 Å². The Morgan fingerprint density at radius 2 is 1.83 bits per heavy atom. The Morgan fingerprint density at radius 1 is 1.09 bits per heavy atom. The summed E-state index contributed by atoms with van der Waals surface area (Å²) in [5.74, 6) is -4.67. The summed E-state index contributed by atoms with van der Waals surface area (Å²) >= 11 is 0. The van der Waals surface area contributed by atoms with Crippen LogP contribution in [0.2, 0.25) is 0 Å². The van der Waals surface area contributed by atoms with Crippen LogP contribution in [-0.4, -0.2) is 10.8 Å². The van der Waals surface area contributed by atoms with Crippen molar-refractivity contribution in [3.8, 4) is 0 Å². The fraction of sp³-hybridized carbons (Fsp3) is 0.158. The highest BCUT2D eigenvalue weighted by atomic mass is 19.3. The summed E-state index contributed by atoms with van der Waals surface area (Å²) in [5, 5.41) is 0. The maximum Gasteiger partial charge on any atom is 0.334 e. The summed E-state index contributed by atoms with van der Waals surface area (Å²) in [4.78, 5) is 16.4. The molecule has 1 aromatic heterocycles. The van der Waals surface area contributed by atoms with Crippen molar-refractivity contribution in [2.75, 3.05) is 0 Å². The van der Waals surface area contributed by atoms with Crippen LogP contribution >= 0.6 is 0 Å². The zero-order valence-corrected chi connectivity index (χ0v) is 12.3. The second-order valence-electron chi connectivity index (χ2n) is 5.38. The maximum atomic E-state index is 14.3. The van der Waals surface area contributed by atoms with Gasteiger partial charge in [-0.1, -0.05) is 54.6 Å². The number of hydrogen-bond acceptors (Lipinski definition) is 2. The van der Waals surface area contributed by atoms with Crippen molar-refractivity contribution in [2.45, 2.75) is 18.3 Å². The van der Waals surface area contributed by atoms with E-state index in [9.17, 15) is 13.6 Å². The number of alkyl halides is 2. The van der Waals surface area contributed by atoms with Crippen molar-refractivity contribution >= 4 is 5.78 Å². The van der Waals surface area contributed by atoms with E-state index in [1.807, 2.05) is 18.2 Å². The van der Waals surface area contributed by atoms with Crippen molar-refractivity contribution in [3.63, 3.8) is 0 Å². The number of carbonyl (C=O) groups is 1. The van der Waals surface area contributed by atoms with E-state index in [1.165, 1.54) is 30.3 Å². The third kappa shape index (κ3) is 3.11. The first kappa shape index (κ1) is 15.3. The van der Waals surface area contributed by atoms with E-state index in [0.29, 0.717) is 6.42 Å². The van der Waals surface area contributed by atoms with Crippen LogP contribution in [0.25, 0.3) is 0 Å². The number of benzene rings is 1. The molecule has 0 unspecified atom stereocenters. The smallest absolute Gasteiger partial charge is 0.287 e.